The van der Waals surface area contributed by atoms with Crippen LogP contribution in [0, 0.1) is 5.41 Å². The molecule has 0 bridgehead atoms. The lowest BCUT2D eigenvalue weighted by molar-refractivity contribution is -0.167. The number of nitrogens with one attached hydrogen (secondary N) is 1. The van der Waals surface area contributed by atoms with E-state index in [1.165, 1.54) is 0 Å². The van der Waals surface area contributed by atoms with E-state index in [2.05, 4.69) is 5.32 Å². The van der Waals surface area contributed by atoms with Gasteiger partial charge in [0.2, 0.25) is 0 Å². The highest BCUT2D eigenvalue weighted by Crippen LogP contribution is 2.31. The first kappa shape index (κ1) is 33.4. The van der Waals surface area contributed by atoms with Gasteiger partial charge in [0.1, 0.15) is 18.0 Å². The molecule has 9 nitrogen and oxygen atoms in total. The van der Waals surface area contributed by atoms with Crippen molar-refractivity contribution in [2.45, 2.75) is 58.3 Å². The molecular weight excluding hydrogens is 597 g/mol. The highest BCUT2D eigenvalue weighted by molar-refractivity contribution is 6.35. The van der Waals surface area contributed by atoms with Gasteiger partial charge in [0.25, 0.3) is 0 Å². The van der Waals surface area contributed by atoms with Crippen LogP contribution in [0.3, 0.4) is 0 Å². The zero-order valence-corrected chi connectivity index (χ0v) is 25.4. The summed E-state index contributed by atoms with van der Waals surface area (Å²) in [4.78, 5) is 51.0. The van der Waals surface area contributed by atoms with Crippen LogP contribution in [-0.4, -0.2) is 45.7 Å². The van der Waals surface area contributed by atoms with Gasteiger partial charge in [-0.2, -0.15) is 0 Å². The molecule has 0 heterocycles. The standard InChI is InChI=1S/C32H33Cl2NO8/c1-31(2,3)43-30(41)35-26(27(36)18-32(28(37)38,29(39)40)17-21-8-5-4-6-9-21)16-20-12-14-22(15-13-20)42-19-23-24(33)10-7-11-25(23)34/h4-15,26H,16-19H2,1-3H3,(H,35,41)(H,37,38)(H,39,40)/t26-/m0/s1. The summed E-state index contributed by atoms with van der Waals surface area (Å²) in [6.45, 7) is 5.07. The largest absolute Gasteiger partial charge is 0.489 e. The third kappa shape index (κ3) is 9.46. The first-order valence-electron chi connectivity index (χ1n) is 13.4. The van der Waals surface area contributed by atoms with E-state index in [0.717, 1.165) is 0 Å². The molecular formula is C32H33Cl2NO8. The molecule has 3 rings (SSSR count). The molecule has 0 saturated carbocycles. The minimum absolute atomic E-state index is 0.0602. The Morgan fingerprint density at radius 3 is 1.93 bits per heavy atom. The molecule has 0 saturated heterocycles. The Kier molecular flexibility index (Phi) is 11.2. The van der Waals surface area contributed by atoms with Crippen LogP contribution < -0.4 is 10.1 Å². The molecule has 0 unspecified atom stereocenters. The lowest BCUT2D eigenvalue weighted by Crippen LogP contribution is -2.49. The minimum atomic E-state index is -2.45. The Balaban J connectivity index is 1.83. The Morgan fingerprint density at radius 1 is 0.814 bits per heavy atom. The molecule has 0 spiro atoms. The summed E-state index contributed by atoms with van der Waals surface area (Å²) in [6, 6.07) is 18.7. The fraction of sp³-hybridized carbons (Fsp3) is 0.312. The van der Waals surface area contributed by atoms with Crippen LogP contribution in [-0.2, 0) is 38.6 Å². The summed E-state index contributed by atoms with van der Waals surface area (Å²) in [5.74, 6) is -3.61. The second-order valence-corrected chi connectivity index (χ2v) is 11.8. The molecule has 0 aromatic heterocycles. The van der Waals surface area contributed by atoms with Crippen molar-refractivity contribution < 1.29 is 38.9 Å². The van der Waals surface area contributed by atoms with Crippen molar-refractivity contribution in [3.63, 3.8) is 0 Å². The molecule has 1 amide bonds. The highest BCUT2D eigenvalue weighted by Gasteiger charge is 2.49. The van der Waals surface area contributed by atoms with Gasteiger partial charge >= 0.3 is 18.0 Å². The number of benzene rings is 3. The summed E-state index contributed by atoms with van der Waals surface area (Å²) in [6.07, 6.45) is -2.26. The maximum atomic E-state index is 13.6. The molecule has 0 aliphatic rings. The predicted octanol–water partition coefficient (Wildman–Crippen LogP) is 6.37. The van der Waals surface area contributed by atoms with E-state index >= 15 is 0 Å². The number of ketones is 1. The number of aliphatic carboxylic acids is 2. The van der Waals surface area contributed by atoms with E-state index < -0.39 is 53.7 Å². The van der Waals surface area contributed by atoms with Gasteiger partial charge in [-0.15, -0.1) is 0 Å². The maximum absolute atomic E-state index is 13.6. The molecule has 11 heteroatoms. The van der Waals surface area contributed by atoms with E-state index in [1.807, 2.05) is 0 Å². The first-order valence-corrected chi connectivity index (χ1v) is 14.1. The summed E-state index contributed by atoms with van der Waals surface area (Å²) < 4.78 is 11.1. The number of carbonyl (C=O) groups excluding carboxylic acids is 2. The van der Waals surface area contributed by atoms with Crippen molar-refractivity contribution >= 4 is 47.0 Å². The van der Waals surface area contributed by atoms with Crippen LogP contribution in [0.5, 0.6) is 5.75 Å². The number of halogens is 2. The average Bonchev–Trinajstić information content (AvgIpc) is 2.92. The number of rotatable bonds is 13. The van der Waals surface area contributed by atoms with Crippen molar-refractivity contribution in [3.8, 4) is 5.75 Å². The molecule has 3 aromatic rings. The smallest absolute Gasteiger partial charge is 0.408 e. The number of Topliss-reactive ketones (excluding diaryl/α,β-unsaturated/α-hetero) is 1. The zero-order chi connectivity index (χ0) is 31.8. The molecule has 0 fully saturated rings. The van der Waals surface area contributed by atoms with Gasteiger partial charge in [0.15, 0.2) is 11.2 Å². The Morgan fingerprint density at radius 2 is 1.40 bits per heavy atom. The topological polar surface area (TPSA) is 139 Å². The van der Waals surface area contributed by atoms with Crippen molar-refractivity contribution in [3.05, 3.63) is 99.5 Å². The second-order valence-electron chi connectivity index (χ2n) is 11.0. The van der Waals surface area contributed by atoms with Gasteiger partial charge in [-0.3, -0.25) is 14.4 Å². The quantitative estimate of drug-likeness (QED) is 0.185. The van der Waals surface area contributed by atoms with E-state index in [4.69, 9.17) is 32.7 Å². The number of ether oxygens (including phenoxy) is 2. The molecule has 0 radical (unpaired) electrons. The number of carboxylic acid groups (broad SMARTS) is 2. The summed E-state index contributed by atoms with van der Waals surface area (Å²) in [5.41, 5.74) is -1.68. The van der Waals surface area contributed by atoms with Crippen molar-refractivity contribution in [2.75, 3.05) is 0 Å². The first-order chi connectivity index (χ1) is 20.2. The molecule has 228 valence electrons. The number of hydrogen-bond acceptors (Lipinski definition) is 6. The number of amides is 1. The van der Waals surface area contributed by atoms with Crippen LogP contribution in [0.25, 0.3) is 0 Å². The van der Waals surface area contributed by atoms with Gasteiger partial charge < -0.3 is 25.0 Å². The van der Waals surface area contributed by atoms with E-state index in [-0.39, 0.29) is 13.0 Å². The summed E-state index contributed by atoms with van der Waals surface area (Å²) in [7, 11) is 0. The van der Waals surface area contributed by atoms with Gasteiger partial charge in [0.05, 0.1) is 6.04 Å². The van der Waals surface area contributed by atoms with E-state index in [0.29, 0.717) is 32.5 Å². The molecule has 3 aromatic carbocycles. The van der Waals surface area contributed by atoms with Crippen molar-refractivity contribution in [2.24, 2.45) is 5.41 Å². The lowest BCUT2D eigenvalue weighted by atomic mass is 9.76. The number of hydrogen-bond donors (Lipinski definition) is 3. The zero-order valence-electron chi connectivity index (χ0n) is 23.9. The molecule has 0 aliphatic heterocycles. The number of carbonyl (C=O) groups is 4. The van der Waals surface area contributed by atoms with Gasteiger partial charge in [0, 0.05) is 22.0 Å². The Labute approximate surface area is 259 Å². The van der Waals surface area contributed by atoms with Gasteiger partial charge in [-0.1, -0.05) is 71.7 Å². The minimum Gasteiger partial charge on any atom is -0.489 e. The van der Waals surface area contributed by atoms with Crippen LogP contribution in [0.15, 0.2) is 72.8 Å². The third-order valence-electron chi connectivity index (χ3n) is 6.53. The normalized spacial score (nSPS) is 12.2. The summed E-state index contributed by atoms with van der Waals surface area (Å²) in [5, 5.41) is 23.5. The second kappa shape index (κ2) is 14.4. The SMILES string of the molecule is CC(C)(C)OC(=O)N[C@@H](Cc1ccc(OCc2c(Cl)cccc2Cl)cc1)C(=O)CC(Cc1ccccc1)(C(=O)O)C(=O)O. The fourth-order valence-electron chi connectivity index (χ4n) is 4.30. The Bertz CT molecular complexity index is 1420. The predicted molar refractivity (Wildman–Crippen MR) is 162 cm³/mol. The summed E-state index contributed by atoms with van der Waals surface area (Å²) >= 11 is 12.4. The molecule has 1 atom stereocenters. The fourth-order valence-corrected chi connectivity index (χ4v) is 4.81. The number of carboxylic acids is 2. The highest BCUT2D eigenvalue weighted by atomic mass is 35.5. The van der Waals surface area contributed by atoms with Crippen LogP contribution in [0.4, 0.5) is 4.79 Å². The van der Waals surface area contributed by atoms with Gasteiger partial charge in [-0.05, 0) is 69.0 Å². The van der Waals surface area contributed by atoms with E-state index in [1.54, 1.807) is 93.6 Å². The third-order valence-corrected chi connectivity index (χ3v) is 7.24. The molecule has 3 N–H and O–H groups in total. The molecule has 43 heavy (non-hydrogen) atoms. The monoisotopic (exact) mass is 629 g/mol. The Hall–Kier alpha value is -4.08. The van der Waals surface area contributed by atoms with Gasteiger partial charge in [-0.25, -0.2) is 4.79 Å². The van der Waals surface area contributed by atoms with Crippen LogP contribution in [0.1, 0.15) is 43.9 Å². The number of alkyl carbamates (subject to hydrolysis) is 1. The van der Waals surface area contributed by atoms with Crippen molar-refractivity contribution in [1.29, 1.82) is 0 Å². The van der Waals surface area contributed by atoms with Crippen LogP contribution in [0.2, 0.25) is 10.0 Å². The lowest BCUT2D eigenvalue weighted by Gasteiger charge is -2.28. The van der Waals surface area contributed by atoms with Crippen LogP contribution >= 0.6 is 23.2 Å². The van der Waals surface area contributed by atoms with Crippen molar-refractivity contribution in [1.82, 2.24) is 5.32 Å². The maximum Gasteiger partial charge on any atom is 0.408 e. The average molecular weight is 631 g/mol. The molecule has 0 aliphatic carbocycles. The van der Waals surface area contributed by atoms with E-state index in [9.17, 15) is 29.4 Å².